The minimum atomic E-state index is -0.101. The molecule has 2 aromatic carbocycles. The fourth-order valence-electron chi connectivity index (χ4n) is 3.56. The molecule has 1 saturated heterocycles. The molecule has 1 aromatic heterocycles. The maximum Gasteiger partial charge on any atom is 0.266 e. The van der Waals surface area contributed by atoms with Crippen molar-refractivity contribution in [3.05, 3.63) is 59.1 Å². The molecular weight excluding hydrogens is 458 g/mol. The molecule has 1 fully saturated rings. The smallest absolute Gasteiger partial charge is 0.266 e. The standard InChI is InChI=1S/C24H23N3O4S2/c1-5-26-23(28)20(33-24(26)32)13-16-14-27(17-9-7-6-8-10-17)25-21(16)15-11-18(29-2)22(31-4)19(12-15)30-3/h6-14H,5H2,1-4H3. The summed E-state index contributed by atoms with van der Waals surface area (Å²) in [5.41, 5.74) is 3.09. The molecule has 0 saturated carbocycles. The lowest BCUT2D eigenvalue weighted by atomic mass is 10.1. The Kier molecular flexibility index (Phi) is 6.71. The van der Waals surface area contributed by atoms with Gasteiger partial charge >= 0.3 is 0 Å². The van der Waals surface area contributed by atoms with Crippen molar-refractivity contribution in [3.63, 3.8) is 0 Å². The number of rotatable bonds is 7. The number of carbonyl (C=O) groups excluding carboxylic acids is 1. The molecule has 0 aliphatic carbocycles. The molecular formula is C24H23N3O4S2. The van der Waals surface area contributed by atoms with E-state index in [-0.39, 0.29) is 5.91 Å². The predicted molar refractivity (Wildman–Crippen MR) is 134 cm³/mol. The molecule has 4 rings (SSSR count). The van der Waals surface area contributed by atoms with Gasteiger partial charge in [-0.25, -0.2) is 4.68 Å². The number of amides is 1. The molecule has 170 valence electrons. The van der Waals surface area contributed by atoms with Crippen molar-refractivity contribution in [2.45, 2.75) is 6.92 Å². The van der Waals surface area contributed by atoms with E-state index in [1.54, 1.807) is 30.9 Å². The topological polar surface area (TPSA) is 65.8 Å². The zero-order valence-corrected chi connectivity index (χ0v) is 20.3. The van der Waals surface area contributed by atoms with Gasteiger partial charge in [0, 0.05) is 23.9 Å². The van der Waals surface area contributed by atoms with E-state index in [0.717, 1.165) is 16.8 Å². The fourth-order valence-corrected chi connectivity index (χ4v) is 4.94. The van der Waals surface area contributed by atoms with E-state index in [1.165, 1.54) is 11.8 Å². The highest BCUT2D eigenvalue weighted by Crippen LogP contribution is 2.42. The number of benzene rings is 2. The zero-order valence-electron chi connectivity index (χ0n) is 18.7. The van der Waals surface area contributed by atoms with Crippen LogP contribution >= 0.6 is 24.0 Å². The van der Waals surface area contributed by atoms with Gasteiger partial charge in [-0.05, 0) is 37.3 Å². The number of carbonyl (C=O) groups is 1. The number of methoxy groups -OCH3 is 3. The Hall–Kier alpha value is -3.30. The molecule has 0 spiro atoms. The maximum atomic E-state index is 12.8. The van der Waals surface area contributed by atoms with Crippen LogP contribution in [0.25, 0.3) is 23.0 Å². The largest absolute Gasteiger partial charge is 0.493 e. The van der Waals surface area contributed by atoms with Gasteiger partial charge in [-0.15, -0.1) is 0 Å². The molecule has 0 atom stereocenters. The molecule has 1 aliphatic rings. The van der Waals surface area contributed by atoms with E-state index in [0.29, 0.717) is 38.7 Å². The molecule has 3 aromatic rings. The molecule has 0 unspecified atom stereocenters. The van der Waals surface area contributed by atoms with Gasteiger partial charge in [-0.3, -0.25) is 9.69 Å². The summed E-state index contributed by atoms with van der Waals surface area (Å²) in [6.07, 6.45) is 3.73. The van der Waals surface area contributed by atoms with Gasteiger partial charge in [0.15, 0.2) is 11.5 Å². The molecule has 9 heteroatoms. The van der Waals surface area contributed by atoms with Gasteiger partial charge in [0.25, 0.3) is 5.91 Å². The Morgan fingerprint density at radius 3 is 2.27 bits per heavy atom. The number of ether oxygens (including phenoxy) is 3. The second kappa shape index (κ2) is 9.68. The van der Waals surface area contributed by atoms with Crippen LogP contribution in [0.4, 0.5) is 0 Å². The van der Waals surface area contributed by atoms with E-state index in [4.69, 9.17) is 31.5 Å². The first-order valence-corrected chi connectivity index (χ1v) is 11.4. The number of thiocarbonyl (C=S) groups is 1. The van der Waals surface area contributed by atoms with Gasteiger partial charge < -0.3 is 14.2 Å². The summed E-state index contributed by atoms with van der Waals surface area (Å²) in [7, 11) is 4.70. The molecule has 1 aliphatic heterocycles. The zero-order chi connectivity index (χ0) is 23.5. The normalized spacial score (nSPS) is 14.8. The van der Waals surface area contributed by atoms with Crippen molar-refractivity contribution in [1.29, 1.82) is 0 Å². The van der Waals surface area contributed by atoms with Crippen molar-refractivity contribution in [2.24, 2.45) is 0 Å². The van der Waals surface area contributed by atoms with Crippen molar-refractivity contribution in [1.82, 2.24) is 14.7 Å². The SMILES string of the molecule is CCN1C(=O)C(=Cc2cn(-c3ccccc3)nc2-c2cc(OC)c(OC)c(OC)c2)SC1=S. The number of hydrogen-bond acceptors (Lipinski definition) is 7. The van der Waals surface area contributed by atoms with Gasteiger partial charge in [-0.2, -0.15) is 5.10 Å². The highest BCUT2D eigenvalue weighted by atomic mass is 32.2. The monoisotopic (exact) mass is 481 g/mol. The molecule has 33 heavy (non-hydrogen) atoms. The summed E-state index contributed by atoms with van der Waals surface area (Å²) in [4.78, 5) is 15.0. The molecule has 0 bridgehead atoms. The molecule has 1 amide bonds. The van der Waals surface area contributed by atoms with Crippen LogP contribution in [-0.4, -0.2) is 52.8 Å². The van der Waals surface area contributed by atoms with Crippen molar-refractivity contribution < 1.29 is 19.0 Å². The Bertz CT molecular complexity index is 1210. The second-order valence-corrected chi connectivity index (χ2v) is 8.73. The van der Waals surface area contributed by atoms with E-state index < -0.39 is 0 Å². The van der Waals surface area contributed by atoms with Crippen LogP contribution in [0.3, 0.4) is 0 Å². The van der Waals surface area contributed by atoms with Gasteiger partial charge in [-0.1, -0.05) is 42.2 Å². The van der Waals surface area contributed by atoms with Crippen LogP contribution < -0.4 is 14.2 Å². The van der Waals surface area contributed by atoms with E-state index in [2.05, 4.69) is 0 Å². The Morgan fingerprint density at radius 2 is 1.73 bits per heavy atom. The third-order valence-electron chi connectivity index (χ3n) is 5.18. The van der Waals surface area contributed by atoms with Crippen LogP contribution in [0.15, 0.2) is 53.6 Å². The first-order valence-electron chi connectivity index (χ1n) is 10.2. The number of nitrogens with zero attached hydrogens (tertiary/aromatic N) is 3. The third-order valence-corrected chi connectivity index (χ3v) is 6.56. The lowest BCUT2D eigenvalue weighted by Gasteiger charge is -2.13. The average Bonchev–Trinajstić information content (AvgIpc) is 3.38. The van der Waals surface area contributed by atoms with Crippen LogP contribution in [0.2, 0.25) is 0 Å². The average molecular weight is 482 g/mol. The Morgan fingerprint density at radius 1 is 1.06 bits per heavy atom. The fraction of sp³-hybridized carbons (Fsp3) is 0.208. The van der Waals surface area contributed by atoms with E-state index >= 15 is 0 Å². The quantitative estimate of drug-likeness (QED) is 0.355. The Labute approximate surface area is 201 Å². The highest BCUT2D eigenvalue weighted by molar-refractivity contribution is 8.26. The number of thioether (sulfide) groups is 1. The van der Waals surface area contributed by atoms with Gasteiger partial charge in [0.2, 0.25) is 5.75 Å². The second-order valence-electron chi connectivity index (χ2n) is 7.05. The minimum absolute atomic E-state index is 0.101. The molecule has 7 nitrogen and oxygen atoms in total. The number of likely N-dealkylation sites (N-methyl/N-ethyl adjacent to an activating group) is 1. The summed E-state index contributed by atoms with van der Waals surface area (Å²) >= 11 is 6.66. The van der Waals surface area contributed by atoms with Gasteiger partial charge in [0.1, 0.15) is 10.0 Å². The van der Waals surface area contributed by atoms with Crippen LogP contribution in [0.5, 0.6) is 17.2 Å². The van der Waals surface area contributed by atoms with E-state index in [1.807, 2.05) is 61.7 Å². The number of para-hydroxylation sites is 1. The van der Waals surface area contributed by atoms with Crippen LogP contribution in [0.1, 0.15) is 12.5 Å². The Balaban J connectivity index is 1.90. The molecule has 0 N–H and O–H groups in total. The molecule has 0 radical (unpaired) electrons. The maximum absolute atomic E-state index is 12.8. The molecule has 2 heterocycles. The van der Waals surface area contributed by atoms with E-state index in [9.17, 15) is 4.79 Å². The minimum Gasteiger partial charge on any atom is -0.493 e. The third kappa shape index (κ3) is 4.34. The summed E-state index contributed by atoms with van der Waals surface area (Å²) in [6, 6.07) is 13.5. The van der Waals surface area contributed by atoms with Gasteiger partial charge in [0.05, 0.1) is 31.9 Å². The lowest BCUT2D eigenvalue weighted by Crippen LogP contribution is -2.27. The first kappa shape index (κ1) is 22.9. The highest BCUT2D eigenvalue weighted by Gasteiger charge is 2.31. The van der Waals surface area contributed by atoms with Crippen LogP contribution in [-0.2, 0) is 4.79 Å². The first-order chi connectivity index (χ1) is 16.0. The van der Waals surface area contributed by atoms with Crippen molar-refractivity contribution >= 4 is 40.3 Å². The lowest BCUT2D eigenvalue weighted by molar-refractivity contribution is -0.121. The summed E-state index contributed by atoms with van der Waals surface area (Å²) < 4.78 is 18.8. The number of aromatic nitrogens is 2. The van der Waals surface area contributed by atoms with Crippen molar-refractivity contribution in [3.8, 4) is 34.2 Å². The summed E-state index contributed by atoms with van der Waals surface area (Å²) in [6.45, 7) is 2.44. The number of hydrogen-bond donors (Lipinski definition) is 0. The predicted octanol–water partition coefficient (Wildman–Crippen LogP) is 4.79. The summed E-state index contributed by atoms with van der Waals surface area (Å²) in [5, 5.41) is 4.84. The van der Waals surface area contributed by atoms with Crippen molar-refractivity contribution in [2.75, 3.05) is 27.9 Å². The summed E-state index contributed by atoms with van der Waals surface area (Å²) in [5.74, 6) is 1.43. The van der Waals surface area contributed by atoms with Crippen LogP contribution in [0, 0.1) is 0 Å².